The first-order valence-corrected chi connectivity index (χ1v) is 10.4. The molecule has 0 radical (unpaired) electrons. The van der Waals surface area contributed by atoms with Gasteiger partial charge in [-0.25, -0.2) is 9.97 Å². The highest BCUT2D eigenvalue weighted by atomic mass is 19.4. The molecular weight excluding hydrogens is 463 g/mol. The number of nitrogens with one attached hydrogen (secondary N) is 2. The van der Waals surface area contributed by atoms with Crippen LogP contribution in [0.4, 0.5) is 36.2 Å². The minimum atomic E-state index is -4.76. The fourth-order valence-electron chi connectivity index (χ4n) is 3.36. The largest absolute Gasteiger partial charge is 0.573 e. The van der Waals surface area contributed by atoms with Crippen LogP contribution >= 0.6 is 0 Å². The second-order valence-corrected chi connectivity index (χ2v) is 7.54. The number of rotatable bonds is 8. The van der Waals surface area contributed by atoms with E-state index in [2.05, 4.69) is 25.3 Å². The Balaban J connectivity index is 1.54. The van der Waals surface area contributed by atoms with Crippen molar-refractivity contribution in [2.24, 2.45) is 0 Å². The van der Waals surface area contributed by atoms with Crippen molar-refractivity contribution in [3.63, 3.8) is 0 Å². The molecule has 0 atom stereocenters. The van der Waals surface area contributed by atoms with E-state index in [9.17, 15) is 18.3 Å². The lowest BCUT2D eigenvalue weighted by molar-refractivity contribution is -0.274. The zero-order valence-corrected chi connectivity index (χ0v) is 18.8. The summed E-state index contributed by atoms with van der Waals surface area (Å²) in [4.78, 5) is 8.73. The molecule has 0 spiro atoms. The van der Waals surface area contributed by atoms with Crippen LogP contribution in [0.2, 0.25) is 0 Å². The lowest BCUT2D eigenvalue weighted by atomic mass is 10.2. The van der Waals surface area contributed by atoms with E-state index in [-0.39, 0.29) is 12.4 Å². The van der Waals surface area contributed by atoms with Crippen molar-refractivity contribution in [3.05, 3.63) is 78.4 Å². The Bertz CT molecular complexity index is 1310. The Labute approximate surface area is 199 Å². The van der Waals surface area contributed by atoms with Gasteiger partial charge in [0, 0.05) is 23.6 Å². The molecule has 3 N–H and O–H groups in total. The molecule has 0 fully saturated rings. The standard InChI is InChI=1S/C24H22F3N5O3/c1-15-12-32(14-28-15)20-8-5-18(11-21(20)34-2)30-23-10-16(13-33)9-22(31-23)29-17-3-6-19(7-4-17)35-24(25,26)27/h3-12,14,33H,13H2,1-2H3,(H2,29,30,31). The number of hydrogen-bond acceptors (Lipinski definition) is 7. The van der Waals surface area contributed by atoms with Gasteiger partial charge in [0.25, 0.3) is 0 Å². The predicted octanol–water partition coefficient (Wildman–Crippen LogP) is 5.46. The van der Waals surface area contributed by atoms with Gasteiger partial charge in [-0.3, -0.25) is 0 Å². The van der Waals surface area contributed by atoms with E-state index in [1.807, 2.05) is 35.9 Å². The predicted molar refractivity (Wildman–Crippen MR) is 125 cm³/mol. The molecule has 0 aliphatic rings. The third-order valence-corrected chi connectivity index (χ3v) is 4.87. The van der Waals surface area contributed by atoms with Crippen molar-refractivity contribution >= 4 is 23.0 Å². The van der Waals surface area contributed by atoms with Gasteiger partial charge in [-0.15, -0.1) is 13.2 Å². The highest BCUT2D eigenvalue weighted by Crippen LogP contribution is 2.30. The fraction of sp³-hybridized carbons (Fsp3) is 0.167. The minimum Gasteiger partial charge on any atom is -0.494 e. The Morgan fingerprint density at radius 1 is 0.971 bits per heavy atom. The number of aliphatic hydroxyl groups excluding tert-OH is 1. The second kappa shape index (κ2) is 9.94. The number of alkyl halides is 3. The second-order valence-electron chi connectivity index (χ2n) is 7.54. The van der Waals surface area contributed by atoms with E-state index >= 15 is 0 Å². The number of methoxy groups -OCH3 is 1. The topological polar surface area (TPSA) is 93.5 Å². The number of benzene rings is 2. The molecule has 0 unspecified atom stereocenters. The van der Waals surface area contributed by atoms with Crippen LogP contribution in [-0.2, 0) is 6.61 Å². The van der Waals surface area contributed by atoms with Crippen LogP contribution in [0.3, 0.4) is 0 Å². The summed E-state index contributed by atoms with van der Waals surface area (Å²) >= 11 is 0. The molecule has 4 rings (SSSR count). The summed E-state index contributed by atoms with van der Waals surface area (Å²) in [5, 5.41) is 15.9. The van der Waals surface area contributed by atoms with E-state index in [1.54, 1.807) is 25.6 Å². The van der Waals surface area contributed by atoms with Crippen molar-refractivity contribution in [1.82, 2.24) is 14.5 Å². The number of halogens is 3. The van der Waals surface area contributed by atoms with Crippen LogP contribution in [0.5, 0.6) is 11.5 Å². The van der Waals surface area contributed by atoms with Gasteiger partial charge in [-0.05, 0) is 61.0 Å². The summed E-state index contributed by atoms with van der Waals surface area (Å²) in [6.07, 6.45) is -1.17. The Morgan fingerprint density at radius 2 is 1.63 bits per heavy atom. The van der Waals surface area contributed by atoms with Crippen LogP contribution in [0.15, 0.2) is 67.1 Å². The summed E-state index contributed by atoms with van der Waals surface area (Å²) in [7, 11) is 1.57. The number of anilines is 4. The molecule has 11 heteroatoms. The lowest BCUT2D eigenvalue weighted by Gasteiger charge is -2.14. The maximum absolute atomic E-state index is 12.4. The molecule has 0 bridgehead atoms. The number of imidazole rings is 1. The fourth-order valence-corrected chi connectivity index (χ4v) is 3.36. The SMILES string of the molecule is COc1cc(Nc2cc(CO)cc(Nc3ccc(OC(F)(F)F)cc3)n2)ccc1-n1cnc(C)c1. The summed E-state index contributed by atoms with van der Waals surface area (Å²) in [6.45, 7) is 1.67. The number of aliphatic hydroxyl groups is 1. The zero-order valence-electron chi connectivity index (χ0n) is 18.8. The zero-order chi connectivity index (χ0) is 25.0. The first-order valence-electron chi connectivity index (χ1n) is 10.4. The number of nitrogens with zero attached hydrogens (tertiary/aromatic N) is 3. The minimum absolute atomic E-state index is 0.230. The van der Waals surface area contributed by atoms with E-state index < -0.39 is 6.36 Å². The third kappa shape index (κ3) is 6.21. The van der Waals surface area contributed by atoms with E-state index in [1.165, 1.54) is 24.3 Å². The molecule has 0 saturated carbocycles. The van der Waals surface area contributed by atoms with Crippen molar-refractivity contribution < 1.29 is 27.8 Å². The van der Waals surface area contributed by atoms with E-state index in [0.29, 0.717) is 34.3 Å². The first-order chi connectivity index (χ1) is 16.7. The van der Waals surface area contributed by atoms with Gasteiger partial charge in [-0.2, -0.15) is 0 Å². The van der Waals surface area contributed by atoms with Crippen LogP contribution in [0, 0.1) is 6.92 Å². The van der Waals surface area contributed by atoms with Crippen molar-refractivity contribution in [2.45, 2.75) is 19.9 Å². The molecule has 0 saturated heterocycles. The maximum atomic E-state index is 12.4. The molecule has 0 aliphatic heterocycles. The van der Waals surface area contributed by atoms with Crippen LogP contribution in [0.1, 0.15) is 11.3 Å². The molecule has 4 aromatic rings. The van der Waals surface area contributed by atoms with Crippen LogP contribution in [0.25, 0.3) is 5.69 Å². The third-order valence-electron chi connectivity index (χ3n) is 4.87. The molecule has 0 aliphatic carbocycles. The smallest absolute Gasteiger partial charge is 0.494 e. The average molecular weight is 485 g/mol. The Kier molecular flexibility index (Phi) is 6.78. The Hall–Kier alpha value is -4.25. The van der Waals surface area contributed by atoms with Crippen LogP contribution in [-0.4, -0.2) is 33.1 Å². The first kappa shape index (κ1) is 23.9. The normalized spacial score (nSPS) is 11.3. The molecule has 2 aromatic heterocycles. The highest BCUT2D eigenvalue weighted by Gasteiger charge is 2.30. The van der Waals surface area contributed by atoms with Crippen molar-refractivity contribution in [1.29, 1.82) is 0 Å². The van der Waals surface area contributed by atoms with Gasteiger partial charge in [-0.1, -0.05) is 0 Å². The van der Waals surface area contributed by atoms with E-state index in [0.717, 1.165) is 11.4 Å². The van der Waals surface area contributed by atoms with Gasteiger partial charge in [0.2, 0.25) is 0 Å². The number of aryl methyl sites for hydroxylation is 1. The molecule has 2 heterocycles. The lowest BCUT2D eigenvalue weighted by Crippen LogP contribution is -2.16. The van der Waals surface area contributed by atoms with Crippen molar-refractivity contribution in [3.8, 4) is 17.2 Å². The van der Waals surface area contributed by atoms with Gasteiger partial charge in [0.15, 0.2) is 0 Å². The van der Waals surface area contributed by atoms with Gasteiger partial charge < -0.3 is 29.8 Å². The molecule has 35 heavy (non-hydrogen) atoms. The Morgan fingerprint density at radius 3 is 2.20 bits per heavy atom. The van der Waals surface area contributed by atoms with Gasteiger partial charge in [0.05, 0.1) is 31.4 Å². The van der Waals surface area contributed by atoms with Crippen molar-refractivity contribution in [2.75, 3.05) is 17.7 Å². The maximum Gasteiger partial charge on any atom is 0.573 e. The molecule has 0 amide bonds. The van der Waals surface area contributed by atoms with Gasteiger partial charge in [0.1, 0.15) is 23.1 Å². The molecule has 2 aromatic carbocycles. The number of aromatic nitrogens is 3. The molecule has 182 valence electrons. The molecular formula is C24H22F3N5O3. The summed E-state index contributed by atoms with van der Waals surface area (Å²) in [5.41, 5.74) is 3.47. The highest BCUT2D eigenvalue weighted by molar-refractivity contribution is 5.66. The number of ether oxygens (including phenoxy) is 2. The van der Waals surface area contributed by atoms with Gasteiger partial charge >= 0.3 is 6.36 Å². The average Bonchev–Trinajstić information content (AvgIpc) is 3.25. The van der Waals surface area contributed by atoms with Crippen LogP contribution < -0.4 is 20.1 Å². The summed E-state index contributed by atoms with van der Waals surface area (Å²) < 4.78 is 48.4. The summed E-state index contributed by atoms with van der Waals surface area (Å²) in [5.74, 6) is 1.13. The number of hydrogen-bond donors (Lipinski definition) is 3. The van der Waals surface area contributed by atoms with E-state index in [4.69, 9.17) is 4.74 Å². The monoisotopic (exact) mass is 485 g/mol. The molecule has 8 nitrogen and oxygen atoms in total. The quantitative estimate of drug-likeness (QED) is 0.305. The summed E-state index contributed by atoms with van der Waals surface area (Å²) in [6, 6.07) is 14.1. The number of pyridine rings is 1.